The second-order valence-corrected chi connectivity index (χ2v) is 8.45. The molecule has 31 heavy (non-hydrogen) atoms. The minimum absolute atomic E-state index is 0.000677. The van der Waals surface area contributed by atoms with Crippen molar-refractivity contribution in [1.29, 1.82) is 0 Å². The lowest BCUT2D eigenvalue weighted by Gasteiger charge is -2.16. The number of aromatic nitrogens is 2. The average molecular weight is 436 g/mol. The summed E-state index contributed by atoms with van der Waals surface area (Å²) >= 11 is 1.41. The summed E-state index contributed by atoms with van der Waals surface area (Å²) in [4.78, 5) is 28.5. The molecule has 0 radical (unpaired) electrons. The molecule has 2 aromatic carbocycles. The lowest BCUT2D eigenvalue weighted by Crippen LogP contribution is -2.18. The van der Waals surface area contributed by atoms with Crippen molar-refractivity contribution >= 4 is 29.1 Å². The molecule has 3 aromatic rings. The third-order valence-corrected chi connectivity index (χ3v) is 6.20. The Bertz CT molecular complexity index is 1040. The van der Waals surface area contributed by atoms with Crippen LogP contribution in [0.5, 0.6) is 0 Å². The number of benzene rings is 2. The number of thioether (sulfide) groups is 1. The number of anilines is 1. The second-order valence-electron chi connectivity index (χ2n) is 7.51. The van der Waals surface area contributed by atoms with Gasteiger partial charge in [0.2, 0.25) is 5.91 Å². The van der Waals surface area contributed by atoms with Crippen molar-refractivity contribution in [2.75, 3.05) is 17.7 Å². The lowest BCUT2D eigenvalue weighted by molar-refractivity contribution is -0.113. The zero-order valence-corrected chi connectivity index (χ0v) is 18.2. The van der Waals surface area contributed by atoms with E-state index < -0.39 is 0 Å². The number of carbonyl (C=O) groups is 2. The molecule has 1 aromatic heterocycles. The minimum atomic E-state index is -0.117. The van der Waals surface area contributed by atoms with Gasteiger partial charge in [0.15, 0.2) is 10.9 Å². The van der Waals surface area contributed by atoms with E-state index in [0.717, 1.165) is 42.4 Å². The summed E-state index contributed by atoms with van der Waals surface area (Å²) in [6, 6.07) is 17.1. The van der Waals surface area contributed by atoms with Crippen molar-refractivity contribution in [3.05, 3.63) is 66.4 Å². The first-order valence-electron chi connectivity index (χ1n) is 10.4. The summed E-state index contributed by atoms with van der Waals surface area (Å²) in [5, 5.41) is 3.68. The Hall–Kier alpha value is -2.90. The molecule has 1 saturated heterocycles. The van der Waals surface area contributed by atoms with E-state index in [2.05, 4.69) is 27.0 Å². The number of hydrogen-bond donors (Lipinski definition) is 1. The van der Waals surface area contributed by atoms with Crippen LogP contribution in [0.1, 0.15) is 30.1 Å². The predicted octanol–water partition coefficient (Wildman–Crippen LogP) is 4.66. The second kappa shape index (κ2) is 9.94. The molecule has 1 unspecified atom stereocenters. The molecule has 1 atom stereocenters. The number of nitrogens with one attached hydrogen (secondary N) is 1. The topological polar surface area (TPSA) is 73.2 Å². The van der Waals surface area contributed by atoms with Crippen molar-refractivity contribution in [1.82, 2.24) is 9.55 Å². The molecule has 1 aliphatic rings. The Morgan fingerprint density at radius 2 is 1.94 bits per heavy atom. The number of imidazole rings is 1. The third-order valence-electron chi connectivity index (χ3n) is 5.21. The van der Waals surface area contributed by atoms with Crippen LogP contribution in [-0.2, 0) is 16.1 Å². The van der Waals surface area contributed by atoms with Crippen LogP contribution in [0.4, 0.5) is 5.69 Å². The molecule has 160 valence electrons. The van der Waals surface area contributed by atoms with Crippen LogP contribution in [0.15, 0.2) is 66.0 Å². The van der Waals surface area contributed by atoms with Gasteiger partial charge in [0, 0.05) is 17.9 Å². The average Bonchev–Trinajstić information content (AvgIpc) is 3.44. The number of ketones is 1. The molecular weight excluding hydrogens is 410 g/mol. The van der Waals surface area contributed by atoms with Crippen LogP contribution in [0, 0.1) is 0 Å². The number of hydrogen-bond acceptors (Lipinski definition) is 5. The fourth-order valence-electron chi connectivity index (χ4n) is 3.60. The zero-order chi connectivity index (χ0) is 21.6. The van der Waals surface area contributed by atoms with Crippen molar-refractivity contribution in [2.45, 2.75) is 37.6 Å². The highest BCUT2D eigenvalue weighted by Crippen LogP contribution is 2.28. The first-order chi connectivity index (χ1) is 15.1. The van der Waals surface area contributed by atoms with Gasteiger partial charge in [-0.1, -0.05) is 42.1 Å². The van der Waals surface area contributed by atoms with Gasteiger partial charge in [0.1, 0.15) is 0 Å². The van der Waals surface area contributed by atoms with Gasteiger partial charge in [-0.25, -0.2) is 4.98 Å². The monoisotopic (exact) mass is 435 g/mol. The largest absolute Gasteiger partial charge is 0.376 e. The molecule has 6 nitrogen and oxygen atoms in total. The highest BCUT2D eigenvalue weighted by Gasteiger charge is 2.21. The predicted molar refractivity (Wildman–Crippen MR) is 122 cm³/mol. The van der Waals surface area contributed by atoms with Gasteiger partial charge in [-0.2, -0.15) is 0 Å². The third kappa shape index (κ3) is 5.42. The summed E-state index contributed by atoms with van der Waals surface area (Å²) in [5.74, 6) is 0.125. The van der Waals surface area contributed by atoms with Gasteiger partial charge in [0.25, 0.3) is 0 Å². The van der Waals surface area contributed by atoms with E-state index in [1.54, 1.807) is 24.3 Å². The highest BCUT2D eigenvalue weighted by molar-refractivity contribution is 7.99. The van der Waals surface area contributed by atoms with Crippen molar-refractivity contribution in [2.24, 2.45) is 0 Å². The normalized spacial score (nSPS) is 15.7. The van der Waals surface area contributed by atoms with E-state index in [9.17, 15) is 9.59 Å². The lowest BCUT2D eigenvalue weighted by atomic mass is 10.1. The summed E-state index contributed by atoms with van der Waals surface area (Å²) < 4.78 is 8.00. The van der Waals surface area contributed by atoms with Crippen LogP contribution in [-0.4, -0.2) is 39.7 Å². The van der Waals surface area contributed by atoms with Crippen molar-refractivity contribution in [3.8, 4) is 11.3 Å². The van der Waals surface area contributed by atoms with Gasteiger partial charge in [-0.15, -0.1) is 0 Å². The number of carbonyl (C=O) groups excluding carboxylic acids is 2. The molecule has 0 spiro atoms. The van der Waals surface area contributed by atoms with Crippen LogP contribution >= 0.6 is 11.8 Å². The minimum Gasteiger partial charge on any atom is -0.376 e. The number of amides is 1. The fourth-order valence-corrected chi connectivity index (χ4v) is 4.39. The van der Waals surface area contributed by atoms with Crippen LogP contribution in [0.25, 0.3) is 11.3 Å². The van der Waals surface area contributed by atoms with Crippen LogP contribution in [0.2, 0.25) is 0 Å². The Morgan fingerprint density at radius 3 is 2.61 bits per heavy atom. The van der Waals surface area contributed by atoms with Crippen molar-refractivity contribution < 1.29 is 14.3 Å². The molecule has 1 N–H and O–H groups in total. The maximum atomic E-state index is 12.5. The Morgan fingerprint density at radius 1 is 1.16 bits per heavy atom. The summed E-state index contributed by atoms with van der Waals surface area (Å²) in [6.45, 7) is 3.04. The molecule has 0 saturated carbocycles. The van der Waals surface area contributed by atoms with Gasteiger partial charge in [0.05, 0.1) is 30.3 Å². The fraction of sp³-hybridized carbons (Fsp3) is 0.292. The first kappa shape index (κ1) is 21.3. The molecule has 1 amide bonds. The van der Waals surface area contributed by atoms with E-state index in [0.29, 0.717) is 11.3 Å². The van der Waals surface area contributed by atoms with E-state index in [1.165, 1.54) is 18.7 Å². The quantitative estimate of drug-likeness (QED) is 0.411. The summed E-state index contributed by atoms with van der Waals surface area (Å²) in [6.07, 6.45) is 4.15. The van der Waals surface area contributed by atoms with Crippen molar-refractivity contribution in [3.63, 3.8) is 0 Å². The zero-order valence-electron chi connectivity index (χ0n) is 17.4. The molecule has 7 heteroatoms. The molecule has 4 rings (SSSR count). The number of Topliss-reactive ketones (excluding diaryl/α,β-unsaturated/α-hetero) is 1. The molecule has 1 aliphatic heterocycles. The number of ether oxygens (including phenoxy) is 1. The van der Waals surface area contributed by atoms with E-state index in [-0.39, 0.29) is 23.5 Å². The molecule has 0 aliphatic carbocycles. The van der Waals surface area contributed by atoms with E-state index in [4.69, 9.17) is 4.74 Å². The van der Waals surface area contributed by atoms with Gasteiger partial charge in [-0.3, -0.25) is 9.59 Å². The Labute approximate surface area is 186 Å². The SMILES string of the molecule is CC(=O)c1ccc(NC(=O)CSc2ncc(-c3ccccc3)n2CC2CCCO2)cc1. The summed E-state index contributed by atoms with van der Waals surface area (Å²) in [7, 11) is 0. The molecule has 0 bridgehead atoms. The summed E-state index contributed by atoms with van der Waals surface area (Å²) in [5.41, 5.74) is 3.41. The van der Waals surface area contributed by atoms with Gasteiger partial charge < -0.3 is 14.6 Å². The first-order valence-corrected chi connectivity index (χ1v) is 11.3. The maximum Gasteiger partial charge on any atom is 0.234 e. The van der Waals surface area contributed by atoms with Gasteiger partial charge in [-0.05, 0) is 49.6 Å². The number of nitrogens with zero attached hydrogens (tertiary/aromatic N) is 2. The standard InChI is InChI=1S/C24H25N3O3S/c1-17(28)18-9-11-20(12-10-18)26-23(29)16-31-24-25-14-22(19-6-3-2-4-7-19)27(24)15-21-8-5-13-30-21/h2-4,6-7,9-12,14,21H,5,8,13,15-16H2,1H3,(H,26,29). The molecule has 2 heterocycles. The van der Waals surface area contributed by atoms with E-state index >= 15 is 0 Å². The number of rotatable bonds is 8. The van der Waals surface area contributed by atoms with Crippen LogP contribution in [0.3, 0.4) is 0 Å². The molecule has 1 fully saturated rings. The van der Waals surface area contributed by atoms with Gasteiger partial charge >= 0.3 is 0 Å². The highest BCUT2D eigenvalue weighted by atomic mass is 32.2. The van der Waals surface area contributed by atoms with E-state index in [1.807, 2.05) is 24.4 Å². The molecular formula is C24H25N3O3S. The maximum absolute atomic E-state index is 12.5. The Kier molecular flexibility index (Phi) is 6.84. The Balaban J connectivity index is 1.45. The smallest absolute Gasteiger partial charge is 0.234 e. The van der Waals surface area contributed by atoms with Crippen LogP contribution < -0.4 is 5.32 Å².